The van der Waals surface area contributed by atoms with Crippen LogP contribution in [-0.4, -0.2) is 15.1 Å². The first-order valence-electron chi connectivity index (χ1n) is 7.62. The number of hydrogen-bond acceptors (Lipinski definition) is 1. The van der Waals surface area contributed by atoms with E-state index in [1.807, 2.05) is 0 Å². The summed E-state index contributed by atoms with van der Waals surface area (Å²) in [5.74, 6) is 0.451. The average Bonchev–Trinajstić information content (AvgIpc) is 3.16. The minimum Gasteiger partial charge on any atom is -0.269 e. The highest BCUT2D eigenvalue weighted by molar-refractivity contribution is 9.10. The Labute approximate surface area is 143 Å². The summed E-state index contributed by atoms with van der Waals surface area (Å²) in [7, 11) is 0. The molecule has 1 unspecified atom stereocenters. The molecule has 0 bridgehead atoms. The van der Waals surface area contributed by atoms with Crippen molar-refractivity contribution >= 4 is 31.9 Å². The topological polar surface area (TPSA) is 17.8 Å². The summed E-state index contributed by atoms with van der Waals surface area (Å²) in [6, 6.07) is 11.3. The average molecular weight is 412 g/mol. The highest BCUT2D eigenvalue weighted by Crippen LogP contribution is 2.31. The minimum absolute atomic E-state index is 0.451. The van der Waals surface area contributed by atoms with E-state index in [4.69, 9.17) is 5.10 Å². The van der Waals surface area contributed by atoms with Crippen LogP contribution >= 0.6 is 31.9 Å². The molecular weight excluding hydrogens is 392 g/mol. The molecule has 1 fully saturated rings. The Kier molecular flexibility index (Phi) is 5.17. The first kappa shape index (κ1) is 15.3. The van der Waals surface area contributed by atoms with Crippen molar-refractivity contribution in [1.29, 1.82) is 0 Å². The lowest BCUT2D eigenvalue weighted by atomic mass is 9.96. The van der Waals surface area contributed by atoms with Crippen LogP contribution in [-0.2, 0) is 6.42 Å². The molecule has 0 radical (unpaired) electrons. The molecule has 2 aromatic rings. The van der Waals surface area contributed by atoms with E-state index < -0.39 is 0 Å². The van der Waals surface area contributed by atoms with E-state index in [0.29, 0.717) is 12.0 Å². The van der Waals surface area contributed by atoms with E-state index in [-0.39, 0.29) is 0 Å². The van der Waals surface area contributed by atoms with Crippen molar-refractivity contribution in [2.24, 2.45) is 0 Å². The Morgan fingerprint density at radius 1 is 1.19 bits per heavy atom. The minimum atomic E-state index is 0.451. The Bertz CT molecular complexity index is 588. The zero-order valence-corrected chi connectivity index (χ0v) is 15.2. The zero-order valence-electron chi connectivity index (χ0n) is 12.0. The molecule has 112 valence electrons. The quantitative estimate of drug-likeness (QED) is 0.595. The van der Waals surface area contributed by atoms with Gasteiger partial charge in [0.15, 0.2) is 0 Å². The van der Waals surface area contributed by atoms with Crippen LogP contribution < -0.4 is 0 Å². The van der Waals surface area contributed by atoms with Crippen molar-refractivity contribution in [3.63, 3.8) is 0 Å². The number of rotatable bonds is 5. The summed E-state index contributed by atoms with van der Waals surface area (Å²) < 4.78 is 3.37. The van der Waals surface area contributed by atoms with Crippen LogP contribution in [0.2, 0.25) is 0 Å². The van der Waals surface area contributed by atoms with E-state index in [1.165, 1.54) is 41.4 Å². The lowest BCUT2D eigenvalue weighted by Crippen LogP contribution is -2.09. The molecule has 0 saturated heterocycles. The Balaban J connectivity index is 1.74. The van der Waals surface area contributed by atoms with E-state index in [0.717, 1.165) is 11.8 Å². The first-order valence-corrected chi connectivity index (χ1v) is 9.54. The second-order valence-corrected chi connectivity index (χ2v) is 7.30. The lowest BCUT2D eigenvalue weighted by Gasteiger charge is -2.15. The van der Waals surface area contributed by atoms with Crippen LogP contribution in [0.1, 0.15) is 48.9 Å². The Hall–Kier alpha value is -0.610. The summed E-state index contributed by atoms with van der Waals surface area (Å²) >= 11 is 7.33. The molecule has 21 heavy (non-hydrogen) atoms. The van der Waals surface area contributed by atoms with Gasteiger partial charge in [0.25, 0.3) is 0 Å². The fraction of sp³-hybridized carbons (Fsp3) is 0.471. The van der Waals surface area contributed by atoms with Gasteiger partial charge in [-0.15, -0.1) is 0 Å². The third-order valence-corrected chi connectivity index (χ3v) is 5.85. The van der Waals surface area contributed by atoms with Crippen molar-refractivity contribution in [3.8, 4) is 0 Å². The maximum absolute atomic E-state index is 4.82. The van der Waals surface area contributed by atoms with Gasteiger partial charge in [-0.1, -0.05) is 62.9 Å². The van der Waals surface area contributed by atoms with Crippen LogP contribution in [0, 0.1) is 0 Å². The fourth-order valence-corrected chi connectivity index (χ4v) is 4.35. The van der Waals surface area contributed by atoms with E-state index in [2.05, 4.69) is 73.1 Å². The van der Waals surface area contributed by atoms with Gasteiger partial charge < -0.3 is 0 Å². The lowest BCUT2D eigenvalue weighted by molar-refractivity contribution is 0.461. The van der Waals surface area contributed by atoms with Gasteiger partial charge in [-0.3, -0.25) is 4.68 Å². The number of nitrogens with zero attached hydrogens (tertiary/aromatic N) is 2. The molecule has 0 amide bonds. The molecule has 2 nitrogen and oxygen atoms in total. The molecule has 1 atom stereocenters. The summed E-state index contributed by atoms with van der Waals surface area (Å²) in [5, 5.41) is 5.77. The van der Waals surface area contributed by atoms with Crippen molar-refractivity contribution < 1.29 is 0 Å². The fourth-order valence-electron chi connectivity index (χ4n) is 3.16. The predicted octanol–water partition coefficient (Wildman–Crippen LogP) is 5.48. The first-order chi connectivity index (χ1) is 10.3. The Morgan fingerprint density at radius 2 is 1.95 bits per heavy atom. The molecule has 1 aliphatic carbocycles. The Morgan fingerprint density at radius 3 is 2.67 bits per heavy atom. The largest absolute Gasteiger partial charge is 0.269 e. The van der Waals surface area contributed by atoms with Crippen LogP contribution in [0.5, 0.6) is 0 Å². The summed E-state index contributed by atoms with van der Waals surface area (Å²) in [6.07, 6.45) is 8.41. The molecule has 0 N–H and O–H groups in total. The monoisotopic (exact) mass is 410 g/mol. The maximum Gasteiger partial charge on any atom is 0.0631 e. The molecule has 1 saturated carbocycles. The van der Waals surface area contributed by atoms with Crippen LogP contribution in [0.3, 0.4) is 0 Å². The normalized spacial score (nSPS) is 17.2. The van der Waals surface area contributed by atoms with Crippen molar-refractivity contribution in [1.82, 2.24) is 9.78 Å². The van der Waals surface area contributed by atoms with Gasteiger partial charge in [0.1, 0.15) is 0 Å². The van der Waals surface area contributed by atoms with Gasteiger partial charge in [0, 0.05) is 21.9 Å². The van der Waals surface area contributed by atoms with Crippen LogP contribution in [0.4, 0.5) is 0 Å². The predicted molar refractivity (Wildman–Crippen MR) is 94.1 cm³/mol. The second-order valence-electron chi connectivity index (χ2n) is 5.80. The summed E-state index contributed by atoms with van der Waals surface area (Å²) in [6.45, 7) is 0. The summed E-state index contributed by atoms with van der Waals surface area (Å²) in [4.78, 5) is 0. The number of aromatic nitrogens is 2. The van der Waals surface area contributed by atoms with Gasteiger partial charge in [-0.2, -0.15) is 5.10 Å². The standard InChI is InChI=1S/C17H20Br2N2/c18-12-13(16-7-3-4-8-17(16)19)11-14-9-10-21(20-14)15-5-1-2-6-15/h3-4,7-10,13,15H,1-2,5-6,11-12H2. The molecule has 4 heteroatoms. The summed E-state index contributed by atoms with van der Waals surface area (Å²) in [5.41, 5.74) is 2.55. The van der Waals surface area contributed by atoms with Gasteiger partial charge in [-0.25, -0.2) is 0 Å². The SMILES string of the molecule is BrCC(Cc1ccn(C2CCCC2)n1)c1ccccc1Br. The third-order valence-electron chi connectivity index (χ3n) is 4.35. The van der Waals surface area contributed by atoms with E-state index >= 15 is 0 Å². The van der Waals surface area contributed by atoms with Gasteiger partial charge in [0.2, 0.25) is 0 Å². The second kappa shape index (κ2) is 7.10. The molecule has 1 aromatic carbocycles. The molecule has 0 spiro atoms. The van der Waals surface area contributed by atoms with Crippen LogP contribution in [0.15, 0.2) is 41.0 Å². The number of halogens is 2. The zero-order chi connectivity index (χ0) is 14.7. The smallest absolute Gasteiger partial charge is 0.0631 e. The van der Waals surface area contributed by atoms with Crippen LogP contribution in [0.25, 0.3) is 0 Å². The number of alkyl halides is 1. The number of benzene rings is 1. The molecule has 1 aromatic heterocycles. The highest BCUT2D eigenvalue weighted by Gasteiger charge is 2.19. The van der Waals surface area contributed by atoms with Gasteiger partial charge in [0.05, 0.1) is 11.7 Å². The molecule has 1 aliphatic rings. The molecule has 3 rings (SSSR count). The molecular formula is C17H20Br2N2. The molecule has 0 aliphatic heterocycles. The number of hydrogen-bond donors (Lipinski definition) is 0. The van der Waals surface area contributed by atoms with Gasteiger partial charge >= 0.3 is 0 Å². The van der Waals surface area contributed by atoms with Crippen molar-refractivity contribution in [2.75, 3.05) is 5.33 Å². The highest BCUT2D eigenvalue weighted by atomic mass is 79.9. The van der Waals surface area contributed by atoms with Crippen molar-refractivity contribution in [3.05, 3.63) is 52.3 Å². The molecule has 1 heterocycles. The van der Waals surface area contributed by atoms with E-state index in [9.17, 15) is 0 Å². The van der Waals surface area contributed by atoms with Gasteiger partial charge in [-0.05, 0) is 37.0 Å². The third kappa shape index (κ3) is 3.59. The maximum atomic E-state index is 4.82. The van der Waals surface area contributed by atoms with Crippen molar-refractivity contribution in [2.45, 2.75) is 44.1 Å². The van der Waals surface area contributed by atoms with E-state index in [1.54, 1.807) is 0 Å².